The maximum atomic E-state index is 11.2. The number of fused-ring (bicyclic) bond motifs is 1. The fourth-order valence-corrected chi connectivity index (χ4v) is 1.70. The van der Waals surface area contributed by atoms with Crippen molar-refractivity contribution in [3.05, 3.63) is 23.8 Å². The van der Waals surface area contributed by atoms with Crippen LogP contribution < -0.4 is 14.9 Å². The van der Waals surface area contributed by atoms with E-state index in [-0.39, 0.29) is 5.91 Å². The molecule has 0 saturated heterocycles. The van der Waals surface area contributed by atoms with Gasteiger partial charge in [-0.3, -0.25) is 4.79 Å². The summed E-state index contributed by atoms with van der Waals surface area (Å²) in [7, 11) is 1.61. The molecule has 1 amide bonds. The van der Waals surface area contributed by atoms with Gasteiger partial charge in [-0.25, -0.2) is 5.43 Å². The van der Waals surface area contributed by atoms with Crippen LogP contribution in [0.25, 0.3) is 0 Å². The van der Waals surface area contributed by atoms with E-state index in [2.05, 4.69) is 10.5 Å². The van der Waals surface area contributed by atoms with Crippen LogP contribution in [-0.4, -0.2) is 25.3 Å². The van der Waals surface area contributed by atoms with Gasteiger partial charge in [0, 0.05) is 24.5 Å². The molecule has 0 saturated carbocycles. The molecule has 1 aliphatic heterocycles. The standard InChI is InChI=1S/C13H16N2O3/c1-3-13(16)15-14-11-6-7-18-12-8-9(17-2)4-5-10(11)12/h4-5,8H,3,6-7H2,1-2H3,(H,15,16)/b14-11-. The molecule has 1 N–H and O–H groups in total. The molecule has 0 unspecified atom stereocenters. The monoisotopic (exact) mass is 248 g/mol. The average molecular weight is 248 g/mol. The highest BCUT2D eigenvalue weighted by Crippen LogP contribution is 2.29. The van der Waals surface area contributed by atoms with E-state index in [1.165, 1.54) is 0 Å². The number of nitrogens with one attached hydrogen (secondary N) is 1. The smallest absolute Gasteiger partial charge is 0.239 e. The summed E-state index contributed by atoms with van der Waals surface area (Å²) in [6, 6.07) is 5.57. The van der Waals surface area contributed by atoms with Gasteiger partial charge in [0.2, 0.25) is 5.91 Å². The molecule has 1 aromatic carbocycles. The molecule has 0 spiro atoms. The molecule has 0 aromatic heterocycles. The lowest BCUT2D eigenvalue weighted by Gasteiger charge is -2.19. The Morgan fingerprint density at radius 1 is 1.56 bits per heavy atom. The molecule has 1 heterocycles. The van der Waals surface area contributed by atoms with E-state index >= 15 is 0 Å². The molecule has 18 heavy (non-hydrogen) atoms. The first-order valence-corrected chi connectivity index (χ1v) is 5.91. The molecule has 5 heteroatoms. The number of hydrogen-bond donors (Lipinski definition) is 1. The first-order valence-electron chi connectivity index (χ1n) is 5.91. The van der Waals surface area contributed by atoms with Crippen LogP contribution in [0.5, 0.6) is 11.5 Å². The van der Waals surface area contributed by atoms with E-state index in [0.717, 1.165) is 22.8 Å². The van der Waals surface area contributed by atoms with Gasteiger partial charge in [0.15, 0.2) is 0 Å². The minimum absolute atomic E-state index is 0.0935. The number of rotatable bonds is 3. The van der Waals surface area contributed by atoms with Gasteiger partial charge in [-0.1, -0.05) is 6.92 Å². The zero-order valence-corrected chi connectivity index (χ0v) is 10.5. The van der Waals surface area contributed by atoms with Gasteiger partial charge in [0.1, 0.15) is 11.5 Å². The number of nitrogens with zero attached hydrogens (tertiary/aromatic N) is 1. The predicted molar refractivity (Wildman–Crippen MR) is 68.1 cm³/mol. The van der Waals surface area contributed by atoms with Gasteiger partial charge in [0.05, 0.1) is 19.4 Å². The SMILES string of the molecule is CCC(=O)N/N=C1/CCOc2cc(OC)ccc21. The van der Waals surface area contributed by atoms with Crippen molar-refractivity contribution in [1.82, 2.24) is 5.43 Å². The molecule has 2 rings (SSSR count). The molecule has 0 atom stereocenters. The van der Waals surface area contributed by atoms with Crippen molar-refractivity contribution in [1.29, 1.82) is 0 Å². The average Bonchev–Trinajstić information content (AvgIpc) is 2.43. The summed E-state index contributed by atoms with van der Waals surface area (Å²) >= 11 is 0. The maximum absolute atomic E-state index is 11.2. The van der Waals surface area contributed by atoms with Gasteiger partial charge in [-0.05, 0) is 12.1 Å². The number of hydrazone groups is 1. The predicted octanol–water partition coefficient (Wildman–Crippen LogP) is 1.71. The number of carbonyl (C=O) groups excluding carboxylic acids is 1. The second kappa shape index (κ2) is 5.53. The third-order valence-electron chi connectivity index (χ3n) is 2.73. The number of benzene rings is 1. The van der Waals surface area contributed by atoms with Crippen molar-refractivity contribution in [3.63, 3.8) is 0 Å². The minimum atomic E-state index is -0.0935. The van der Waals surface area contributed by atoms with Crippen LogP contribution in [-0.2, 0) is 4.79 Å². The molecule has 1 aromatic rings. The van der Waals surface area contributed by atoms with E-state index < -0.39 is 0 Å². The van der Waals surface area contributed by atoms with Crippen molar-refractivity contribution < 1.29 is 14.3 Å². The summed E-state index contributed by atoms with van der Waals surface area (Å²) < 4.78 is 10.7. The second-order valence-electron chi connectivity index (χ2n) is 3.91. The lowest BCUT2D eigenvalue weighted by Crippen LogP contribution is -2.22. The van der Waals surface area contributed by atoms with Gasteiger partial charge in [-0.15, -0.1) is 0 Å². The Labute approximate surface area is 106 Å². The highest BCUT2D eigenvalue weighted by atomic mass is 16.5. The molecule has 0 bridgehead atoms. The second-order valence-corrected chi connectivity index (χ2v) is 3.91. The summed E-state index contributed by atoms with van der Waals surface area (Å²) in [6.45, 7) is 2.35. The van der Waals surface area contributed by atoms with E-state index in [0.29, 0.717) is 19.4 Å². The van der Waals surface area contributed by atoms with Crippen molar-refractivity contribution >= 4 is 11.6 Å². The van der Waals surface area contributed by atoms with Gasteiger partial charge in [0.25, 0.3) is 0 Å². The topological polar surface area (TPSA) is 59.9 Å². The summed E-state index contributed by atoms with van der Waals surface area (Å²) in [6.07, 6.45) is 1.10. The largest absolute Gasteiger partial charge is 0.497 e. The number of ether oxygens (including phenoxy) is 2. The minimum Gasteiger partial charge on any atom is -0.497 e. The Bertz CT molecular complexity index is 483. The van der Waals surface area contributed by atoms with Crippen LogP contribution in [0, 0.1) is 0 Å². The molecule has 0 radical (unpaired) electrons. The Hall–Kier alpha value is -2.04. The van der Waals surface area contributed by atoms with E-state index in [9.17, 15) is 4.79 Å². The highest BCUT2D eigenvalue weighted by Gasteiger charge is 2.17. The van der Waals surface area contributed by atoms with Crippen molar-refractivity contribution in [3.8, 4) is 11.5 Å². The molecule has 1 aliphatic rings. The van der Waals surface area contributed by atoms with Gasteiger partial charge in [-0.2, -0.15) is 5.10 Å². The molecule has 5 nitrogen and oxygen atoms in total. The first-order chi connectivity index (χ1) is 8.74. The van der Waals surface area contributed by atoms with E-state index in [1.807, 2.05) is 18.2 Å². The summed E-state index contributed by atoms with van der Waals surface area (Å²) in [5.74, 6) is 1.39. The van der Waals surface area contributed by atoms with Crippen molar-refractivity contribution in [2.75, 3.05) is 13.7 Å². The van der Waals surface area contributed by atoms with Crippen LogP contribution >= 0.6 is 0 Å². The van der Waals surface area contributed by atoms with Gasteiger partial charge < -0.3 is 9.47 Å². The Kier molecular flexibility index (Phi) is 3.82. The number of methoxy groups -OCH3 is 1. The first kappa shape index (κ1) is 12.4. The van der Waals surface area contributed by atoms with Crippen LogP contribution in [0.3, 0.4) is 0 Å². The quantitative estimate of drug-likeness (QED) is 0.828. The lowest BCUT2D eigenvalue weighted by atomic mass is 10.0. The molecular weight excluding hydrogens is 232 g/mol. The molecule has 96 valence electrons. The third-order valence-corrected chi connectivity index (χ3v) is 2.73. The molecular formula is C13H16N2O3. The van der Waals surface area contributed by atoms with Crippen LogP contribution in [0.1, 0.15) is 25.3 Å². The fraction of sp³-hybridized carbons (Fsp3) is 0.385. The zero-order chi connectivity index (χ0) is 13.0. The molecule has 0 fully saturated rings. The zero-order valence-electron chi connectivity index (χ0n) is 10.5. The lowest BCUT2D eigenvalue weighted by molar-refractivity contribution is -0.120. The van der Waals surface area contributed by atoms with Crippen molar-refractivity contribution in [2.24, 2.45) is 5.10 Å². The van der Waals surface area contributed by atoms with Crippen LogP contribution in [0.4, 0.5) is 0 Å². The van der Waals surface area contributed by atoms with Crippen LogP contribution in [0.2, 0.25) is 0 Å². The van der Waals surface area contributed by atoms with E-state index in [4.69, 9.17) is 9.47 Å². The fourth-order valence-electron chi connectivity index (χ4n) is 1.70. The normalized spacial score (nSPS) is 15.8. The number of hydrogen-bond acceptors (Lipinski definition) is 4. The summed E-state index contributed by atoms with van der Waals surface area (Å²) in [4.78, 5) is 11.2. The summed E-state index contributed by atoms with van der Waals surface area (Å²) in [5, 5.41) is 4.15. The maximum Gasteiger partial charge on any atom is 0.239 e. The third kappa shape index (κ3) is 2.61. The van der Waals surface area contributed by atoms with E-state index in [1.54, 1.807) is 14.0 Å². The number of carbonyl (C=O) groups is 1. The highest BCUT2D eigenvalue weighted by molar-refractivity contribution is 6.04. The van der Waals surface area contributed by atoms with Crippen molar-refractivity contribution in [2.45, 2.75) is 19.8 Å². The summed E-state index contributed by atoms with van der Waals surface area (Å²) in [5.41, 5.74) is 4.27. The number of amides is 1. The molecule has 0 aliphatic carbocycles. The Morgan fingerprint density at radius 2 is 2.39 bits per heavy atom. The Balaban J connectivity index is 2.25. The van der Waals surface area contributed by atoms with Crippen LogP contribution in [0.15, 0.2) is 23.3 Å². The van der Waals surface area contributed by atoms with Gasteiger partial charge >= 0.3 is 0 Å². The Morgan fingerprint density at radius 3 is 3.11 bits per heavy atom.